The Kier molecular flexibility index (Phi) is 3.98. The minimum Gasteiger partial charge on any atom is -0.506 e. The predicted octanol–water partition coefficient (Wildman–Crippen LogP) is 2.93. The van der Waals surface area contributed by atoms with Crippen molar-refractivity contribution in [2.45, 2.75) is 39.2 Å². The number of anilines is 1. The van der Waals surface area contributed by atoms with Crippen molar-refractivity contribution in [2.24, 2.45) is 0 Å². The number of aliphatic hydroxyl groups excluding tert-OH is 1. The highest BCUT2D eigenvalue weighted by Crippen LogP contribution is 2.26. The van der Waals surface area contributed by atoms with Crippen molar-refractivity contribution in [3.05, 3.63) is 30.1 Å². The van der Waals surface area contributed by atoms with Crippen LogP contribution in [-0.4, -0.2) is 28.7 Å². The monoisotopic (exact) mass is 261 g/mol. The summed E-state index contributed by atoms with van der Waals surface area (Å²) in [6.45, 7) is 8.21. The van der Waals surface area contributed by atoms with Crippen LogP contribution in [0.25, 0.3) is 5.76 Å². The van der Waals surface area contributed by atoms with Crippen LogP contribution in [0.1, 0.15) is 39.2 Å². The Balaban J connectivity index is 2.23. The minimum atomic E-state index is -0.0655. The lowest BCUT2D eigenvalue weighted by Crippen LogP contribution is -2.31. The van der Waals surface area contributed by atoms with Crippen LogP contribution in [0.5, 0.6) is 0 Å². The van der Waals surface area contributed by atoms with Crippen molar-refractivity contribution in [3.8, 4) is 0 Å². The second-order valence-electron chi connectivity index (χ2n) is 5.99. The molecule has 4 heteroatoms. The molecule has 1 saturated heterocycles. The molecule has 1 aliphatic rings. The number of pyridine rings is 1. The van der Waals surface area contributed by atoms with E-state index < -0.39 is 0 Å². The molecule has 2 N–H and O–H groups in total. The summed E-state index contributed by atoms with van der Waals surface area (Å²) in [4.78, 5) is 6.66. The van der Waals surface area contributed by atoms with E-state index in [1.54, 1.807) is 12.4 Å². The predicted molar refractivity (Wildman–Crippen MR) is 79.2 cm³/mol. The molecule has 2 heterocycles. The van der Waals surface area contributed by atoms with Gasteiger partial charge >= 0.3 is 0 Å². The number of aliphatic hydroxyl groups is 1. The average Bonchev–Trinajstić information content (AvgIpc) is 2.89. The van der Waals surface area contributed by atoms with E-state index in [0.29, 0.717) is 0 Å². The van der Waals surface area contributed by atoms with E-state index in [-0.39, 0.29) is 11.3 Å². The highest BCUT2D eigenvalue weighted by atomic mass is 16.3. The van der Waals surface area contributed by atoms with Crippen molar-refractivity contribution in [1.29, 1.82) is 0 Å². The van der Waals surface area contributed by atoms with Gasteiger partial charge in [-0.2, -0.15) is 0 Å². The Labute approximate surface area is 115 Å². The molecule has 0 radical (unpaired) electrons. The van der Waals surface area contributed by atoms with Gasteiger partial charge in [0.15, 0.2) is 0 Å². The van der Waals surface area contributed by atoms with E-state index in [9.17, 15) is 5.11 Å². The molecule has 1 aromatic rings. The van der Waals surface area contributed by atoms with Gasteiger partial charge in [0, 0.05) is 31.0 Å². The molecule has 104 valence electrons. The Bertz CT molecular complexity index is 457. The van der Waals surface area contributed by atoms with Gasteiger partial charge in [0.25, 0.3) is 0 Å². The van der Waals surface area contributed by atoms with Crippen molar-refractivity contribution in [3.63, 3.8) is 0 Å². The zero-order valence-electron chi connectivity index (χ0n) is 12.0. The van der Waals surface area contributed by atoms with Gasteiger partial charge in [0.05, 0.1) is 5.56 Å². The first kappa shape index (κ1) is 13.7. The summed E-state index contributed by atoms with van der Waals surface area (Å²) in [5.74, 6) is 1.12. The molecule has 4 nitrogen and oxygen atoms in total. The molecule has 1 aliphatic heterocycles. The molecule has 0 spiro atoms. The Morgan fingerprint density at radius 2 is 2.05 bits per heavy atom. The third kappa shape index (κ3) is 3.63. The van der Waals surface area contributed by atoms with Gasteiger partial charge in [0.2, 0.25) is 0 Å². The smallest absolute Gasteiger partial charge is 0.142 e. The first-order valence-electron chi connectivity index (χ1n) is 6.84. The van der Waals surface area contributed by atoms with Gasteiger partial charge in [0.1, 0.15) is 11.6 Å². The molecule has 0 bridgehead atoms. The van der Waals surface area contributed by atoms with Crippen molar-refractivity contribution >= 4 is 11.6 Å². The lowest BCUT2D eigenvalue weighted by atomic mass is 10.1. The lowest BCUT2D eigenvalue weighted by molar-refractivity contribution is 0.467. The van der Waals surface area contributed by atoms with Crippen LogP contribution < -0.4 is 10.2 Å². The largest absolute Gasteiger partial charge is 0.506 e. The summed E-state index contributed by atoms with van der Waals surface area (Å²) >= 11 is 0. The molecular weight excluding hydrogens is 238 g/mol. The Hall–Kier alpha value is -1.71. The van der Waals surface area contributed by atoms with Gasteiger partial charge in [-0.15, -0.1) is 0 Å². The summed E-state index contributed by atoms with van der Waals surface area (Å²) in [7, 11) is 0. The van der Waals surface area contributed by atoms with Crippen LogP contribution in [0, 0.1) is 0 Å². The average molecular weight is 261 g/mol. The van der Waals surface area contributed by atoms with Crippen LogP contribution in [0.3, 0.4) is 0 Å². The quantitative estimate of drug-likeness (QED) is 0.821. The fourth-order valence-electron chi connectivity index (χ4n) is 2.14. The third-order valence-corrected chi connectivity index (χ3v) is 3.11. The number of nitrogens with zero attached hydrogens (tertiary/aromatic N) is 2. The van der Waals surface area contributed by atoms with Gasteiger partial charge < -0.3 is 15.3 Å². The third-order valence-electron chi connectivity index (χ3n) is 3.11. The zero-order valence-corrected chi connectivity index (χ0v) is 12.0. The van der Waals surface area contributed by atoms with Gasteiger partial charge in [-0.05, 0) is 45.7 Å². The van der Waals surface area contributed by atoms with Crippen LogP contribution in [0.4, 0.5) is 5.82 Å². The minimum absolute atomic E-state index is 0.0655. The molecule has 0 unspecified atom stereocenters. The fourth-order valence-corrected chi connectivity index (χ4v) is 2.14. The van der Waals surface area contributed by atoms with E-state index in [2.05, 4.69) is 36.0 Å². The van der Waals surface area contributed by atoms with Crippen molar-refractivity contribution in [1.82, 2.24) is 10.3 Å². The van der Waals surface area contributed by atoms with Gasteiger partial charge in [-0.3, -0.25) is 0 Å². The summed E-state index contributed by atoms with van der Waals surface area (Å²) in [6.07, 6.45) is 5.83. The number of aromatic nitrogens is 1. The number of rotatable bonds is 3. The van der Waals surface area contributed by atoms with E-state index in [0.717, 1.165) is 24.5 Å². The van der Waals surface area contributed by atoms with Gasteiger partial charge in [-0.1, -0.05) is 0 Å². The summed E-state index contributed by atoms with van der Waals surface area (Å²) in [5, 5.41) is 13.4. The Morgan fingerprint density at radius 1 is 1.37 bits per heavy atom. The Morgan fingerprint density at radius 3 is 2.68 bits per heavy atom. The fraction of sp³-hybridized carbons (Fsp3) is 0.533. The maximum absolute atomic E-state index is 10.3. The first-order valence-corrected chi connectivity index (χ1v) is 6.84. The summed E-state index contributed by atoms with van der Waals surface area (Å²) in [6, 6.07) is 3.77. The van der Waals surface area contributed by atoms with Crippen molar-refractivity contribution < 1.29 is 5.11 Å². The highest BCUT2D eigenvalue weighted by Gasteiger charge is 2.18. The molecular formula is C15H23N3O. The van der Waals surface area contributed by atoms with E-state index >= 15 is 0 Å². The van der Waals surface area contributed by atoms with Crippen LogP contribution in [0.2, 0.25) is 0 Å². The van der Waals surface area contributed by atoms with Crippen LogP contribution in [0.15, 0.2) is 24.5 Å². The first-order chi connectivity index (χ1) is 8.97. The van der Waals surface area contributed by atoms with E-state index in [4.69, 9.17) is 0 Å². The van der Waals surface area contributed by atoms with E-state index in [1.165, 1.54) is 12.8 Å². The maximum Gasteiger partial charge on any atom is 0.142 e. The normalized spacial score (nSPS) is 16.8. The molecule has 0 atom stereocenters. The summed E-state index contributed by atoms with van der Waals surface area (Å²) in [5.41, 5.74) is 0.727. The molecule has 0 aromatic carbocycles. The van der Waals surface area contributed by atoms with Crippen LogP contribution in [-0.2, 0) is 0 Å². The SMILES string of the molecule is CC(C)(C)N/C=C(\O)c1cccnc1N1CCCC1. The molecule has 1 fully saturated rings. The number of hydrogen-bond donors (Lipinski definition) is 2. The van der Waals surface area contributed by atoms with Crippen molar-refractivity contribution in [2.75, 3.05) is 18.0 Å². The second kappa shape index (κ2) is 5.51. The maximum atomic E-state index is 10.3. The van der Waals surface area contributed by atoms with Gasteiger partial charge in [-0.25, -0.2) is 4.98 Å². The molecule has 1 aromatic heterocycles. The highest BCUT2D eigenvalue weighted by molar-refractivity contribution is 5.69. The number of nitrogens with one attached hydrogen (secondary N) is 1. The number of hydrogen-bond acceptors (Lipinski definition) is 4. The second-order valence-corrected chi connectivity index (χ2v) is 5.99. The van der Waals surface area contributed by atoms with Crippen LogP contribution >= 0.6 is 0 Å². The zero-order chi connectivity index (χ0) is 13.9. The molecule has 19 heavy (non-hydrogen) atoms. The lowest BCUT2D eigenvalue weighted by Gasteiger charge is -2.21. The standard InChI is InChI=1S/C15H23N3O/c1-15(2,3)17-11-13(19)12-7-6-8-16-14(12)18-9-4-5-10-18/h6-8,11,17,19H,4-5,9-10H2,1-3H3/b13-11-. The molecule has 0 amide bonds. The topological polar surface area (TPSA) is 48.4 Å². The van der Waals surface area contributed by atoms with E-state index in [1.807, 2.05) is 12.1 Å². The molecule has 0 saturated carbocycles. The molecule has 0 aliphatic carbocycles. The molecule has 2 rings (SSSR count). The summed E-state index contributed by atoms with van der Waals surface area (Å²) < 4.78 is 0.